The second-order valence-corrected chi connectivity index (χ2v) is 12.7. The van der Waals surface area contributed by atoms with E-state index < -0.39 is 34.4 Å². The number of alkyl carbamates (subject to hydrolysis) is 1. The molecule has 1 amide bonds. The standard InChI is InChI=1S/C31H40N2O10S/c1-38-23-10-11-29-27(19-23)40-15-7-3-6-14-39-17-13-33(44(29,36)37)20-26(34)25(18-22-8-4-2-5-9-22)32-31(35)43-28-21-42-30-24(28)12-16-41-30/h2-6,8-11,19,24-26,28,30,34H,7,12-18,20-21H2,1H3,(H,32,35)/b6-3-/t24-,25-,26+,28-,30+/m0/s1. The monoisotopic (exact) mass is 632 g/mol. The summed E-state index contributed by atoms with van der Waals surface area (Å²) in [6, 6.07) is 13.0. The zero-order valence-corrected chi connectivity index (χ0v) is 25.5. The van der Waals surface area contributed by atoms with Gasteiger partial charge in [0, 0.05) is 19.2 Å². The Kier molecular flexibility index (Phi) is 11.1. The average molecular weight is 633 g/mol. The van der Waals surface area contributed by atoms with Crippen LogP contribution in [0.1, 0.15) is 18.4 Å². The number of benzene rings is 2. The molecule has 2 aromatic carbocycles. The third-order valence-corrected chi connectivity index (χ3v) is 9.78. The van der Waals surface area contributed by atoms with Crippen molar-refractivity contribution in [2.24, 2.45) is 5.92 Å². The summed E-state index contributed by atoms with van der Waals surface area (Å²) in [5.74, 6) is 0.543. The molecule has 3 aliphatic rings. The minimum absolute atomic E-state index is 0.0380. The van der Waals surface area contributed by atoms with E-state index in [1.54, 1.807) is 6.07 Å². The van der Waals surface area contributed by atoms with Crippen LogP contribution in [0.15, 0.2) is 65.6 Å². The highest BCUT2D eigenvalue weighted by atomic mass is 32.2. The molecular formula is C31H40N2O10S. The number of β-amino-alcohol motifs (C(OH)–C–C–N with tert-alkyl or cyclic N) is 1. The Morgan fingerprint density at radius 2 is 1.95 bits per heavy atom. The topological polar surface area (TPSA) is 142 Å². The van der Waals surface area contributed by atoms with Gasteiger partial charge in [-0.25, -0.2) is 13.2 Å². The summed E-state index contributed by atoms with van der Waals surface area (Å²) in [4.78, 5) is 13.0. The number of nitrogens with one attached hydrogen (secondary N) is 1. The van der Waals surface area contributed by atoms with Crippen LogP contribution in [0.4, 0.5) is 4.79 Å². The number of fused-ring (bicyclic) bond motifs is 2. The van der Waals surface area contributed by atoms with Gasteiger partial charge >= 0.3 is 6.09 Å². The van der Waals surface area contributed by atoms with Crippen molar-refractivity contribution in [2.45, 2.75) is 48.7 Å². The SMILES string of the molecule is COc1ccc2c(c1)OCC/C=C\COCCN(C[C@@H](O)[C@H](Cc1ccccc1)NC(=O)O[C@H]1CO[C@H]3OCC[C@H]31)S2(=O)=O. The lowest BCUT2D eigenvalue weighted by molar-refractivity contribution is -0.0907. The van der Waals surface area contributed by atoms with Crippen LogP contribution in [-0.4, -0.2) is 102 Å². The molecule has 0 aromatic heterocycles. The number of hydrogen-bond donors (Lipinski definition) is 2. The van der Waals surface area contributed by atoms with Crippen molar-refractivity contribution >= 4 is 16.1 Å². The van der Waals surface area contributed by atoms with E-state index in [0.717, 1.165) is 16.3 Å². The van der Waals surface area contributed by atoms with Crippen LogP contribution in [0.3, 0.4) is 0 Å². The van der Waals surface area contributed by atoms with E-state index >= 15 is 0 Å². The molecule has 5 rings (SSSR count). The number of sulfonamides is 1. The average Bonchev–Trinajstić information content (AvgIpc) is 3.64. The maximum absolute atomic E-state index is 14.1. The van der Waals surface area contributed by atoms with Crippen molar-refractivity contribution in [1.82, 2.24) is 9.62 Å². The summed E-state index contributed by atoms with van der Waals surface area (Å²) in [6.45, 7) is 1.05. The molecule has 2 aromatic rings. The molecule has 0 radical (unpaired) electrons. The van der Waals surface area contributed by atoms with Gasteiger partial charge in [-0.3, -0.25) is 0 Å². The van der Waals surface area contributed by atoms with Gasteiger partial charge in [0.1, 0.15) is 22.5 Å². The summed E-state index contributed by atoms with van der Waals surface area (Å²) >= 11 is 0. The van der Waals surface area contributed by atoms with Crippen LogP contribution >= 0.6 is 0 Å². The molecular weight excluding hydrogens is 592 g/mol. The number of carbonyl (C=O) groups is 1. The summed E-state index contributed by atoms with van der Waals surface area (Å²) < 4.78 is 63.0. The molecule has 44 heavy (non-hydrogen) atoms. The molecule has 3 heterocycles. The Labute approximate surface area is 257 Å². The highest BCUT2D eigenvalue weighted by Gasteiger charge is 2.44. The fraction of sp³-hybridized carbons (Fsp3) is 0.516. The van der Waals surface area contributed by atoms with Gasteiger partial charge in [0.25, 0.3) is 0 Å². The summed E-state index contributed by atoms with van der Waals surface area (Å²) in [5.41, 5.74) is 0.846. The Balaban J connectivity index is 1.37. The van der Waals surface area contributed by atoms with Crippen LogP contribution in [0.2, 0.25) is 0 Å². The first kappa shape index (κ1) is 32.2. The fourth-order valence-electron chi connectivity index (χ4n) is 5.49. The summed E-state index contributed by atoms with van der Waals surface area (Å²) in [5, 5.41) is 14.3. The van der Waals surface area contributed by atoms with Gasteiger partial charge in [-0.1, -0.05) is 42.5 Å². The van der Waals surface area contributed by atoms with Crippen molar-refractivity contribution in [1.29, 1.82) is 0 Å². The van der Waals surface area contributed by atoms with E-state index in [4.69, 9.17) is 28.4 Å². The molecule has 2 saturated heterocycles. The molecule has 0 saturated carbocycles. The first-order chi connectivity index (χ1) is 21.3. The lowest BCUT2D eigenvalue weighted by atomic mass is 10.0. The fourth-order valence-corrected chi connectivity index (χ4v) is 7.04. The Morgan fingerprint density at radius 1 is 1.11 bits per heavy atom. The predicted octanol–water partition coefficient (Wildman–Crippen LogP) is 2.50. The number of aliphatic hydroxyl groups is 1. The Bertz CT molecular complexity index is 1370. The number of amides is 1. The first-order valence-corrected chi connectivity index (χ1v) is 16.2. The number of rotatable bonds is 8. The van der Waals surface area contributed by atoms with Crippen molar-refractivity contribution in [3.05, 3.63) is 66.2 Å². The largest absolute Gasteiger partial charge is 0.497 e. The Hall–Kier alpha value is -3.20. The van der Waals surface area contributed by atoms with Crippen molar-refractivity contribution in [3.8, 4) is 11.5 Å². The number of carbonyl (C=O) groups excluding carboxylic acids is 1. The maximum Gasteiger partial charge on any atom is 0.407 e. The van der Waals surface area contributed by atoms with Gasteiger partial charge in [0.15, 0.2) is 6.29 Å². The van der Waals surface area contributed by atoms with Gasteiger partial charge in [0.2, 0.25) is 10.0 Å². The molecule has 2 N–H and O–H groups in total. The second kappa shape index (κ2) is 15.2. The van der Waals surface area contributed by atoms with E-state index in [-0.39, 0.29) is 62.2 Å². The van der Waals surface area contributed by atoms with E-state index in [2.05, 4.69) is 5.32 Å². The first-order valence-electron chi connectivity index (χ1n) is 14.8. The van der Waals surface area contributed by atoms with Gasteiger partial charge in [-0.05, 0) is 37.0 Å². The van der Waals surface area contributed by atoms with Crippen LogP contribution < -0.4 is 14.8 Å². The van der Waals surface area contributed by atoms with Crippen molar-refractivity contribution in [3.63, 3.8) is 0 Å². The van der Waals surface area contributed by atoms with Crippen LogP contribution in [0.25, 0.3) is 0 Å². The quantitative estimate of drug-likeness (QED) is 0.417. The molecule has 0 unspecified atom stereocenters. The lowest BCUT2D eigenvalue weighted by Gasteiger charge is -2.30. The second-order valence-electron chi connectivity index (χ2n) is 10.8. The number of aliphatic hydroxyl groups excluding tert-OH is 1. The molecule has 0 spiro atoms. The highest BCUT2D eigenvalue weighted by Crippen LogP contribution is 2.33. The van der Waals surface area contributed by atoms with Gasteiger partial charge in [0.05, 0.1) is 58.2 Å². The molecule has 0 aliphatic carbocycles. The molecule has 240 valence electrons. The zero-order valence-electron chi connectivity index (χ0n) is 24.7. The number of ether oxygens (including phenoxy) is 6. The predicted molar refractivity (Wildman–Crippen MR) is 159 cm³/mol. The zero-order chi connectivity index (χ0) is 30.9. The lowest BCUT2D eigenvalue weighted by Crippen LogP contribution is -2.51. The highest BCUT2D eigenvalue weighted by molar-refractivity contribution is 7.89. The normalized spacial score (nSPS) is 25.9. The van der Waals surface area contributed by atoms with E-state index in [1.165, 1.54) is 19.2 Å². The molecule has 12 nitrogen and oxygen atoms in total. The molecule has 0 bridgehead atoms. The van der Waals surface area contributed by atoms with Crippen LogP contribution in [0.5, 0.6) is 11.5 Å². The molecule has 2 fully saturated rings. The minimum Gasteiger partial charge on any atom is -0.497 e. The van der Waals surface area contributed by atoms with E-state index in [0.29, 0.717) is 25.4 Å². The number of hydrogen-bond acceptors (Lipinski definition) is 10. The van der Waals surface area contributed by atoms with E-state index in [9.17, 15) is 18.3 Å². The van der Waals surface area contributed by atoms with Crippen LogP contribution in [0, 0.1) is 5.92 Å². The van der Waals surface area contributed by atoms with Crippen molar-refractivity contribution < 1.29 is 46.7 Å². The number of methoxy groups -OCH3 is 1. The van der Waals surface area contributed by atoms with Gasteiger partial charge < -0.3 is 38.8 Å². The molecule has 3 aliphatic heterocycles. The van der Waals surface area contributed by atoms with Gasteiger partial charge in [-0.2, -0.15) is 4.31 Å². The smallest absolute Gasteiger partial charge is 0.407 e. The minimum atomic E-state index is -4.19. The third-order valence-electron chi connectivity index (χ3n) is 7.88. The molecule has 5 atom stereocenters. The summed E-state index contributed by atoms with van der Waals surface area (Å²) in [7, 11) is -2.70. The maximum atomic E-state index is 14.1. The van der Waals surface area contributed by atoms with Gasteiger partial charge in [-0.15, -0.1) is 0 Å². The van der Waals surface area contributed by atoms with E-state index in [1.807, 2.05) is 42.5 Å². The summed E-state index contributed by atoms with van der Waals surface area (Å²) in [6.07, 6.45) is 2.39. The molecule has 13 heteroatoms. The third kappa shape index (κ3) is 8.09. The van der Waals surface area contributed by atoms with Crippen molar-refractivity contribution in [2.75, 3.05) is 53.2 Å². The Morgan fingerprint density at radius 3 is 2.77 bits per heavy atom. The number of nitrogens with zero attached hydrogens (tertiary/aromatic N) is 1. The van der Waals surface area contributed by atoms with Crippen LogP contribution in [-0.2, 0) is 35.4 Å².